The van der Waals surface area contributed by atoms with Crippen molar-refractivity contribution in [3.8, 4) is 0 Å². The lowest BCUT2D eigenvalue weighted by Crippen LogP contribution is -2.61. The van der Waals surface area contributed by atoms with Crippen molar-refractivity contribution in [1.29, 1.82) is 0 Å². The maximum atomic E-state index is 14.0. The average Bonchev–Trinajstić information content (AvgIpc) is 3.05. The minimum Gasteiger partial charge on any atom is -0.460 e. The number of aliphatic hydroxyl groups excluding tert-OH is 1. The zero-order chi connectivity index (χ0) is 37.1. The van der Waals surface area contributed by atoms with Gasteiger partial charge in [-0.1, -0.05) is 86.0 Å². The van der Waals surface area contributed by atoms with Crippen LogP contribution >= 0.6 is 0 Å². The summed E-state index contributed by atoms with van der Waals surface area (Å²) in [6, 6.07) is -4.73. The molecule has 1 fully saturated rings. The summed E-state index contributed by atoms with van der Waals surface area (Å²) in [7, 11) is 1.53. The number of hydrogen-bond acceptors (Lipinski definition) is 9. The molecule has 14 nitrogen and oxygen atoms in total. The van der Waals surface area contributed by atoms with E-state index in [1.54, 1.807) is 6.92 Å². The molecule has 1 aliphatic rings. The van der Waals surface area contributed by atoms with Gasteiger partial charge >= 0.3 is 5.97 Å². The lowest BCUT2D eigenvalue weighted by atomic mass is 9.94. The van der Waals surface area contributed by atoms with Crippen LogP contribution in [0.15, 0.2) is 0 Å². The third-order valence-corrected chi connectivity index (χ3v) is 8.93. The van der Waals surface area contributed by atoms with Crippen LogP contribution in [0.25, 0.3) is 0 Å². The van der Waals surface area contributed by atoms with Crippen LogP contribution in [0.2, 0.25) is 0 Å². The van der Waals surface area contributed by atoms with Gasteiger partial charge in [0.15, 0.2) is 0 Å². The molecule has 0 aliphatic carbocycles. The molecule has 1 saturated heterocycles. The maximum absolute atomic E-state index is 14.0. The standard InChI is InChI=1S/C35H64N6O8/c1-8-10-11-12-13-14-15-16-18-28-23(5)35(48)41(7)27(19-22(3)4)33(46)38-25(17-9-2)31(44)39-26(20-36)32(45)40-30(24(6)42)34(47)37-21-29(43)49-28/h22-28,30,42H,8-21,36H2,1-7H3,(H,37,47)(H,38,46)(H,39,44)(H,40,45)/t23-,24+,25+,26+,27+,28-,30+/m1/s1. The second kappa shape index (κ2) is 23.2. The zero-order valence-electron chi connectivity index (χ0n) is 30.8. The van der Waals surface area contributed by atoms with Gasteiger partial charge in [-0.2, -0.15) is 0 Å². The number of carbonyl (C=O) groups excluding carboxylic acids is 6. The van der Waals surface area contributed by atoms with Crippen molar-refractivity contribution in [2.45, 2.75) is 155 Å². The lowest BCUT2D eigenvalue weighted by Gasteiger charge is -2.34. The summed E-state index contributed by atoms with van der Waals surface area (Å²) in [6.45, 7) is 9.89. The van der Waals surface area contributed by atoms with E-state index in [4.69, 9.17) is 10.5 Å². The van der Waals surface area contributed by atoms with E-state index in [1.807, 2.05) is 20.8 Å². The Balaban J connectivity index is 3.44. The third-order valence-electron chi connectivity index (χ3n) is 8.93. The van der Waals surface area contributed by atoms with Gasteiger partial charge < -0.3 is 41.7 Å². The predicted octanol–water partition coefficient (Wildman–Crippen LogP) is 1.66. The molecular weight excluding hydrogens is 632 g/mol. The van der Waals surface area contributed by atoms with Crippen molar-refractivity contribution >= 4 is 35.5 Å². The van der Waals surface area contributed by atoms with E-state index in [0.717, 1.165) is 25.7 Å². The van der Waals surface area contributed by atoms with Crippen LogP contribution < -0.4 is 27.0 Å². The number of nitrogens with two attached hydrogens (primary N) is 1. The largest absolute Gasteiger partial charge is 0.460 e. The Morgan fingerprint density at radius 2 is 1.37 bits per heavy atom. The first-order valence-electron chi connectivity index (χ1n) is 18.2. The molecule has 0 radical (unpaired) electrons. The van der Waals surface area contributed by atoms with Crippen molar-refractivity contribution in [3.63, 3.8) is 0 Å². The van der Waals surface area contributed by atoms with Crippen LogP contribution in [0.1, 0.15) is 119 Å². The molecule has 0 aromatic carbocycles. The summed E-state index contributed by atoms with van der Waals surface area (Å²) in [5.74, 6) is -4.86. The molecule has 0 bridgehead atoms. The highest BCUT2D eigenvalue weighted by Crippen LogP contribution is 2.22. The van der Waals surface area contributed by atoms with E-state index in [1.165, 1.54) is 38.1 Å². The number of rotatable bonds is 15. The van der Waals surface area contributed by atoms with Gasteiger partial charge in [-0.05, 0) is 38.5 Å². The number of nitrogens with one attached hydrogen (secondary N) is 4. The average molecular weight is 697 g/mol. The fourth-order valence-electron chi connectivity index (χ4n) is 5.88. The molecule has 282 valence electrons. The van der Waals surface area contributed by atoms with E-state index in [0.29, 0.717) is 25.7 Å². The summed E-state index contributed by atoms with van der Waals surface area (Å²) in [6.07, 6.45) is 7.75. The van der Waals surface area contributed by atoms with Gasteiger partial charge in [-0.25, -0.2) is 0 Å². The number of unbranched alkanes of at least 4 members (excludes halogenated alkanes) is 7. The molecule has 1 heterocycles. The van der Waals surface area contributed by atoms with Crippen LogP contribution in [-0.2, 0) is 33.5 Å². The number of esters is 1. The first kappa shape index (κ1) is 43.8. The number of likely N-dealkylation sites (N-methyl/N-ethyl adjacent to an activating group) is 1. The Bertz CT molecular complexity index is 1070. The predicted molar refractivity (Wildman–Crippen MR) is 187 cm³/mol. The smallest absolute Gasteiger partial charge is 0.325 e. The van der Waals surface area contributed by atoms with Gasteiger partial charge in [0.1, 0.15) is 36.8 Å². The van der Waals surface area contributed by atoms with Crippen LogP contribution in [0.3, 0.4) is 0 Å². The highest BCUT2D eigenvalue weighted by atomic mass is 16.5. The topological polar surface area (TPSA) is 209 Å². The van der Waals surface area contributed by atoms with Gasteiger partial charge in [0.05, 0.1) is 12.0 Å². The monoisotopic (exact) mass is 696 g/mol. The van der Waals surface area contributed by atoms with Crippen LogP contribution in [0.4, 0.5) is 0 Å². The fraction of sp³-hybridized carbons (Fsp3) is 0.829. The van der Waals surface area contributed by atoms with Crippen molar-refractivity contribution in [1.82, 2.24) is 26.2 Å². The van der Waals surface area contributed by atoms with Crippen LogP contribution in [-0.4, -0.2) is 102 Å². The van der Waals surface area contributed by atoms with E-state index in [9.17, 15) is 33.9 Å². The Hall–Kier alpha value is -3.26. The van der Waals surface area contributed by atoms with E-state index >= 15 is 0 Å². The summed E-state index contributed by atoms with van der Waals surface area (Å²) in [5, 5.41) is 20.4. The quantitative estimate of drug-likeness (QED) is 0.109. The minimum absolute atomic E-state index is 0.0168. The number of carbonyl (C=O) groups is 6. The van der Waals surface area contributed by atoms with Crippen LogP contribution in [0, 0.1) is 11.8 Å². The first-order chi connectivity index (χ1) is 23.2. The molecule has 0 unspecified atom stereocenters. The van der Waals surface area contributed by atoms with E-state index in [-0.39, 0.29) is 18.9 Å². The number of amides is 5. The lowest BCUT2D eigenvalue weighted by molar-refractivity contribution is -0.157. The Morgan fingerprint density at radius 1 is 0.796 bits per heavy atom. The summed E-state index contributed by atoms with van der Waals surface area (Å²) >= 11 is 0. The van der Waals surface area contributed by atoms with Crippen molar-refractivity contribution in [3.05, 3.63) is 0 Å². The molecule has 7 atom stereocenters. The van der Waals surface area contributed by atoms with Gasteiger partial charge in [0, 0.05) is 13.6 Å². The summed E-state index contributed by atoms with van der Waals surface area (Å²) in [4.78, 5) is 81.6. The molecule has 0 aromatic heterocycles. The molecule has 14 heteroatoms. The second-order valence-electron chi connectivity index (χ2n) is 13.8. The molecular formula is C35H64N6O8. The van der Waals surface area contributed by atoms with Gasteiger partial charge in [-0.15, -0.1) is 0 Å². The zero-order valence-corrected chi connectivity index (χ0v) is 30.8. The summed E-state index contributed by atoms with van der Waals surface area (Å²) < 4.78 is 5.79. The molecule has 49 heavy (non-hydrogen) atoms. The maximum Gasteiger partial charge on any atom is 0.325 e. The van der Waals surface area contributed by atoms with Gasteiger partial charge in [-0.3, -0.25) is 28.8 Å². The molecule has 0 aromatic rings. The van der Waals surface area contributed by atoms with Crippen molar-refractivity contribution in [2.75, 3.05) is 20.1 Å². The molecule has 7 N–H and O–H groups in total. The SMILES string of the molecule is CCCCCCCCCC[C@H]1OC(=O)CNC(=O)[C@H]([C@H](C)O)NC(=O)[C@H](CN)NC(=O)[C@H](CCC)NC(=O)[C@H](CC(C)C)N(C)C(=O)[C@@H]1C. The normalized spacial score (nSPS) is 26.1. The Kier molecular flexibility index (Phi) is 20.7. The van der Waals surface area contributed by atoms with E-state index < -0.39 is 84.3 Å². The number of nitrogens with zero attached hydrogens (tertiary/aromatic N) is 1. The fourth-order valence-corrected chi connectivity index (χ4v) is 5.88. The number of ether oxygens (including phenoxy) is 1. The number of aliphatic hydroxyl groups is 1. The van der Waals surface area contributed by atoms with Gasteiger partial charge in [0.2, 0.25) is 29.5 Å². The molecule has 0 saturated carbocycles. The molecule has 0 spiro atoms. The third kappa shape index (κ3) is 15.4. The molecule has 1 aliphatic heterocycles. The first-order valence-corrected chi connectivity index (χ1v) is 18.2. The molecule has 5 amide bonds. The van der Waals surface area contributed by atoms with Crippen molar-refractivity contribution < 1.29 is 38.6 Å². The highest BCUT2D eigenvalue weighted by molar-refractivity contribution is 5.96. The van der Waals surface area contributed by atoms with Crippen LogP contribution in [0.5, 0.6) is 0 Å². The van der Waals surface area contributed by atoms with Crippen molar-refractivity contribution in [2.24, 2.45) is 17.6 Å². The molecule has 1 rings (SSSR count). The second-order valence-corrected chi connectivity index (χ2v) is 13.8. The highest BCUT2D eigenvalue weighted by Gasteiger charge is 2.37. The van der Waals surface area contributed by atoms with Gasteiger partial charge in [0.25, 0.3) is 0 Å². The Morgan fingerprint density at radius 3 is 1.92 bits per heavy atom. The summed E-state index contributed by atoms with van der Waals surface area (Å²) in [5.41, 5.74) is 5.80. The van der Waals surface area contributed by atoms with E-state index in [2.05, 4.69) is 28.2 Å². The number of cyclic esters (lactones) is 1. The Labute approximate surface area is 292 Å². The minimum atomic E-state index is -1.47. The number of hydrogen-bond donors (Lipinski definition) is 6.